The Bertz CT molecular complexity index is 99.5. The molecule has 1 saturated heterocycles. The van der Waals surface area contributed by atoms with Crippen molar-refractivity contribution in [1.82, 2.24) is 4.90 Å². The molecule has 2 heteroatoms. The number of aliphatic hydroxyl groups excluding tert-OH is 1. The van der Waals surface area contributed by atoms with Gasteiger partial charge in [0.1, 0.15) is 0 Å². The van der Waals surface area contributed by atoms with Gasteiger partial charge in [0.25, 0.3) is 0 Å². The van der Waals surface area contributed by atoms with Gasteiger partial charge in [-0.25, -0.2) is 0 Å². The summed E-state index contributed by atoms with van der Waals surface area (Å²) in [5, 5.41) is 9.39. The molecule has 1 atom stereocenters. The fourth-order valence-electron chi connectivity index (χ4n) is 1.21. The second kappa shape index (κ2) is 1.96. The first-order valence-electron chi connectivity index (χ1n) is 3.44. The van der Waals surface area contributed by atoms with Crippen molar-refractivity contribution >= 4 is 0 Å². The van der Waals surface area contributed by atoms with E-state index in [0.29, 0.717) is 0 Å². The summed E-state index contributed by atoms with van der Waals surface area (Å²) in [6.07, 6.45) is 0.784. The second-order valence-corrected chi connectivity index (χ2v) is 3.38. The van der Waals surface area contributed by atoms with E-state index in [1.54, 1.807) is 0 Å². The molecule has 1 aliphatic rings. The molecule has 1 rings (SSSR count). The summed E-state index contributed by atoms with van der Waals surface area (Å²) in [6, 6.07) is 0. The van der Waals surface area contributed by atoms with Crippen molar-refractivity contribution in [3.8, 4) is 0 Å². The molecular formula is C7H15NO. The third-order valence-corrected chi connectivity index (χ3v) is 2.54. The van der Waals surface area contributed by atoms with Crippen molar-refractivity contribution in [1.29, 1.82) is 0 Å². The molecule has 1 N–H and O–H groups in total. The van der Waals surface area contributed by atoms with Crippen LogP contribution in [0.3, 0.4) is 0 Å². The Labute approximate surface area is 56.5 Å². The summed E-state index contributed by atoms with van der Waals surface area (Å²) in [5.41, 5.74) is 0. The molecule has 54 valence electrons. The monoisotopic (exact) mass is 129 g/mol. The van der Waals surface area contributed by atoms with Crippen LogP contribution in [0.25, 0.3) is 0 Å². The molecule has 0 aromatic rings. The minimum atomic E-state index is -0.137. The van der Waals surface area contributed by atoms with Crippen LogP contribution in [0.2, 0.25) is 0 Å². The van der Waals surface area contributed by atoms with Crippen molar-refractivity contribution in [3.05, 3.63) is 0 Å². The van der Waals surface area contributed by atoms with E-state index in [2.05, 4.69) is 25.8 Å². The summed E-state index contributed by atoms with van der Waals surface area (Å²) in [5.74, 6) is 0. The van der Waals surface area contributed by atoms with Gasteiger partial charge in [0.15, 0.2) is 0 Å². The lowest BCUT2D eigenvalue weighted by Gasteiger charge is -2.30. The average Bonchev–Trinajstić information content (AvgIpc) is 1.96. The van der Waals surface area contributed by atoms with Crippen LogP contribution in [-0.4, -0.2) is 35.2 Å². The topological polar surface area (TPSA) is 23.5 Å². The summed E-state index contributed by atoms with van der Waals surface area (Å²) >= 11 is 0. The van der Waals surface area contributed by atoms with Gasteiger partial charge in [-0.3, -0.25) is 4.90 Å². The molecule has 0 aromatic carbocycles. The Morgan fingerprint density at radius 2 is 2.11 bits per heavy atom. The highest BCUT2D eigenvalue weighted by Gasteiger charge is 2.37. The van der Waals surface area contributed by atoms with Crippen LogP contribution in [-0.2, 0) is 0 Å². The van der Waals surface area contributed by atoms with E-state index in [1.807, 2.05) is 0 Å². The van der Waals surface area contributed by atoms with Crippen molar-refractivity contribution in [2.75, 3.05) is 13.6 Å². The van der Waals surface area contributed by atoms with Crippen molar-refractivity contribution in [2.45, 2.75) is 31.9 Å². The smallest absolute Gasteiger partial charge is 0.0730 e. The van der Waals surface area contributed by atoms with Crippen molar-refractivity contribution in [3.63, 3.8) is 0 Å². The standard InChI is InChI=1S/C7H15NO/c1-7(2)6(9)4-5-8(7)3/h6,9H,4-5H2,1-3H3. The molecule has 0 aromatic heterocycles. The van der Waals surface area contributed by atoms with Crippen LogP contribution in [0, 0.1) is 0 Å². The molecule has 2 nitrogen and oxygen atoms in total. The van der Waals surface area contributed by atoms with Gasteiger partial charge in [0.2, 0.25) is 0 Å². The Morgan fingerprint density at radius 1 is 1.56 bits per heavy atom. The molecule has 0 amide bonds. The Balaban J connectivity index is 2.66. The van der Waals surface area contributed by atoms with Crippen LogP contribution < -0.4 is 0 Å². The van der Waals surface area contributed by atoms with E-state index in [9.17, 15) is 5.11 Å². The third kappa shape index (κ3) is 0.970. The Morgan fingerprint density at radius 3 is 2.22 bits per heavy atom. The molecule has 0 bridgehead atoms. The predicted octanol–water partition coefficient (Wildman–Crippen LogP) is 0.461. The Hall–Kier alpha value is -0.0800. The molecule has 9 heavy (non-hydrogen) atoms. The van der Waals surface area contributed by atoms with E-state index in [0.717, 1.165) is 13.0 Å². The van der Waals surface area contributed by atoms with Gasteiger partial charge in [0.05, 0.1) is 6.10 Å². The van der Waals surface area contributed by atoms with Crippen LogP contribution in [0.1, 0.15) is 20.3 Å². The molecule has 1 fully saturated rings. The first-order valence-corrected chi connectivity index (χ1v) is 3.44. The maximum atomic E-state index is 9.39. The minimum Gasteiger partial charge on any atom is -0.391 e. The van der Waals surface area contributed by atoms with Gasteiger partial charge in [0, 0.05) is 12.1 Å². The molecule has 1 unspecified atom stereocenters. The number of likely N-dealkylation sites (N-methyl/N-ethyl adjacent to an activating group) is 1. The number of rotatable bonds is 0. The fourth-order valence-corrected chi connectivity index (χ4v) is 1.21. The third-order valence-electron chi connectivity index (χ3n) is 2.54. The maximum absolute atomic E-state index is 9.39. The number of hydrogen-bond donors (Lipinski definition) is 1. The minimum absolute atomic E-state index is 0. The zero-order valence-corrected chi connectivity index (χ0v) is 6.39. The molecule has 0 spiro atoms. The summed E-state index contributed by atoms with van der Waals surface area (Å²) < 4.78 is 0. The van der Waals surface area contributed by atoms with Crippen LogP contribution in [0.4, 0.5) is 0 Å². The fraction of sp³-hybridized carbons (Fsp3) is 1.00. The first kappa shape index (κ1) is 7.03. The highest BCUT2D eigenvalue weighted by molar-refractivity contribution is 4.93. The summed E-state index contributed by atoms with van der Waals surface area (Å²) in [6.45, 7) is 5.17. The molecule has 0 aliphatic carbocycles. The van der Waals surface area contributed by atoms with Gasteiger partial charge < -0.3 is 5.11 Å². The highest BCUT2D eigenvalue weighted by atomic mass is 16.3. The highest BCUT2D eigenvalue weighted by Crippen LogP contribution is 2.26. The van der Waals surface area contributed by atoms with Crippen LogP contribution >= 0.6 is 0 Å². The second-order valence-electron chi connectivity index (χ2n) is 3.38. The molecule has 0 radical (unpaired) electrons. The normalized spacial score (nSPS) is 35.3. The predicted molar refractivity (Wildman–Crippen MR) is 37.3 cm³/mol. The Kier molecular flexibility index (Phi) is 1.53. The number of likely N-dealkylation sites (tertiary alicyclic amines) is 1. The molecule has 1 heterocycles. The number of hydrogen-bond acceptors (Lipinski definition) is 2. The summed E-state index contributed by atoms with van der Waals surface area (Å²) in [4.78, 5) is 2.19. The lowest BCUT2D eigenvalue weighted by Crippen LogP contribution is -2.42. The van der Waals surface area contributed by atoms with E-state index < -0.39 is 0 Å². The SMILES string of the molecule is CN1CCC(O)C1(C)C. The van der Waals surface area contributed by atoms with Crippen molar-refractivity contribution in [2.24, 2.45) is 0 Å². The zero-order chi connectivity index (χ0) is 7.07. The van der Waals surface area contributed by atoms with Crippen molar-refractivity contribution < 1.29 is 5.11 Å². The van der Waals surface area contributed by atoms with Gasteiger partial charge >= 0.3 is 0 Å². The number of aliphatic hydroxyl groups is 1. The van der Waals surface area contributed by atoms with Gasteiger partial charge in [-0.2, -0.15) is 0 Å². The van der Waals surface area contributed by atoms with E-state index >= 15 is 0 Å². The lowest BCUT2D eigenvalue weighted by molar-refractivity contribution is 0.0682. The maximum Gasteiger partial charge on any atom is 0.0730 e. The van der Waals surface area contributed by atoms with E-state index in [-0.39, 0.29) is 11.6 Å². The summed E-state index contributed by atoms with van der Waals surface area (Å²) in [7, 11) is 2.05. The lowest BCUT2D eigenvalue weighted by atomic mass is 9.99. The van der Waals surface area contributed by atoms with Gasteiger partial charge in [-0.15, -0.1) is 0 Å². The van der Waals surface area contributed by atoms with Gasteiger partial charge in [-0.05, 0) is 27.3 Å². The average molecular weight is 129 g/mol. The van der Waals surface area contributed by atoms with E-state index in [4.69, 9.17) is 0 Å². The molecule has 0 saturated carbocycles. The first-order chi connectivity index (χ1) is 4.05. The largest absolute Gasteiger partial charge is 0.391 e. The van der Waals surface area contributed by atoms with Crippen LogP contribution in [0.15, 0.2) is 0 Å². The van der Waals surface area contributed by atoms with E-state index in [1.165, 1.54) is 0 Å². The molecular weight excluding hydrogens is 114 g/mol. The number of nitrogens with zero attached hydrogens (tertiary/aromatic N) is 1. The molecule has 1 aliphatic heterocycles. The zero-order valence-electron chi connectivity index (χ0n) is 6.39. The van der Waals surface area contributed by atoms with Gasteiger partial charge in [-0.1, -0.05) is 0 Å². The van der Waals surface area contributed by atoms with Crippen LogP contribution in [0.5, 0.6) is 0 Å². The quantitative estimate of drug-likeness (QED) is 0.513.